The molecule has 1 saturated heterocycles. The number of carbonyl (C=O) groups excluding carboxylic acids is 3. The molecule has 2 aliphatic rings. The van der Waals surface area contributed by atoms with Crippen LogP contribution in [0.3, 0.4) is 0 Å². The van der Waals surface area contributed by atoms with Crippen molar-refractivity contribution in [2.45, 2.75) is 55.9 Å². The first-order valence-corrected chi connectivity index (χ1v) is 9.85. The quantitative estimate of drug-likeness (QED) is 0.676. The molecule has 0 unspecified atom stereocenters. The van der Waals surface area contributed by atoms with Crippen LogP contribution >= 0.6 is 11.8 Å². The van der Waals surface area contributed by atoms with Crippen LogP contribution in [0.4, 0.5) is 0 Å². The Kier molecular flexibility index (Phi) is 5.14. The summed E-state index contributed by atoms with van der Waals surface area (Å²) in [5.74, 6) is -2.40. The van der Waals surface area contributed by atoms with E-state index in [-0.39, 0.29) is 11.3 Å². The van der Waals surface area contributed by atoms with Crippen molar-refractivity contribution in [3.63, 3.8) is 0 Å². The van der Waals surface area contributed by atoms with Crippen molar-refractivity contribution < 1.29 is 24.3 Å². The van der Waals surface area contributed by atoms with E-state index in [0.717, 1.165) is 5.56 Å². The van der Waals surface area contributed by atoms with Gasteiger partial charge in [0.05, 0.1) is 0 Å². The Labute approximate surface area is 167 Å². The third-order valence-electron chi connectivity index (χ3n) is 5.03. The van der Waals surface area contributed by atoms with Gasteiger partial charge in [-0.2, -0.15) is 0 Å². The number of nitrogens with zero attached hydrogens (tertiary/aromatic N) is 1. The molecule has 1 aromatic rings. The molecule has 4 atom stereocenters. The zero-order chi connectivity index (χ0) is 20.8. The number of nitrogens with one attached hydrogen (secondary N) is 2. The topological polar surface area (TPSA) is 116 Å². The summed E-state index contributed by atoms with van der Waals surface area (Å²) in [5.41, 5.74) is 1.48. The van der Waals surface area contributed by atoms with Crippen LogP contribution in [0.15, 0.2) is 24.3 Å². The van der Waals surface area contributed by atoms with E-state index in [9.17, 15) is 19.2 Å². The molecule has 28 heavy (non-hydrogen) atoms. The van der Waals surface area contributed by atoms with Crippen molar-refractivity contribution in [2.24, 2.45) is 0 Å². The fourth-order valence-electron chi connectivity index (χ4n) is 3.56. The average Bonchev–Trinajstić information content (AvgIpc) is 3.04. The monoisotopic (exact) mass is 405 g/mol. The number of rotatable bonds is 5. The number of thioether (sulfide) groups is 1. The minimum Gasteiger partial charge on any atom is -0.480 e. The Morgan fingerprint density at radius 2 is 1.79 bits per heavy atom. The van der Waals surface area contributed by atoms with E-state index in [1.807, 2.05) is 26.0 Å². The van der Waals surface area contributed by atoms with Gasteiger partial charge in [-0.15, -0.1) is 11.8 Å². The highest BCUT2D eigenvalue weighted by Crippen LogP contribution is 2.56. The van der Waals surface area contributed by atoms with Crippen LogP contribution in [0.25, 0.3) is 0 Å². The van der Waals surface area contributed by atoms with Gasteiger partial charge in [-0.25, -0.2) is 0 Å². The van der Waals surface area contributed by atoms with E-state index in [1.54, 1.807) is 17.0 Å². The van der Waals surface area contributed by atoms with E-state index in [4.69, 9.17) is 5.11 Å². The lowest BCUT2D eigenvalue weighted by Crippen LogP contribution is -2.57. The van der Waals surface area contributed by atoms with Gasteiger partial charge in [0, 0.05) is 10.3 Å². The summed E-state index contributed by atoms with van der Waals surface area (Å²) >= 11 is 1.54. The van der Waals surface area contributed by atoms with Crippen molar-refractivity contribution in [3.05, 3.63) is 35.4 Å². The molecule has 0 bridgehead atoms. The Morgan fingerprint density at radius 3 is 2.43 bits per heavy atom. The molecule has 8 nitrogen and oxygen atoms in total. The molecule has 0 aliphatic carbocycles. The highest BCUT2D eigenvalue weighted by molar-refractivity contribution is 8.01. The van der Waals surface area contributed by atoms with Gasteiger partial charge in [0.2, 0.25) is 11.8 Å². The summed E-state index contributed by atoms with van der Waals surface area (Å²) in [5, 5.41) is 13.6. The standard InChI is InChI=1S/C19H23N3O5S/c1-9(14(23)21-10(2)18(26)27)20-15(24)13-19(3,4)28-17-12-8-6-5-7-11(12)16(25)22(13)17/h5-10,13,17H,1-4H3,(H,20,24)(H,21,23)(H,26,27)/t9-,10+,13+,17-/m0/s1. The van der Waals surface area contributed by atoms with Crippen molar-refractivity contribution in [3.8, 4) is 0 Å². The van der Waals surface area contributed by atoms with Crippen LogP contribution in [0.5, 0.6) is 0 Å². The van der Waals surface area contributed by atoms with E-state index < -0.39 is 40.7 Å². The molecule has 3 N–H and O–H groups in total. The number of carboxylic acid groups (broad SMARTS) is 1. The summed E-state index contributed by atoms with van der Waals surface area (Å²) in [6, 6.07) is 4.55. The first kappa shape index (κ1) is 20.2. The van der Waals surface area contributed by atoms with Gasteiger partial charge in [-0.05, 0) is 39.3 Å². The van der Waals surface area contributed by atoms with Gasteiger partial charge in [0.15, 0.2) is 0 Å². The van der Waals surface area contributed by atoms with Crippen LogP contribution in [0, 0.1) is 0 Å². The van der Waals surface area contributed by atoms with Crippen molar-refractivity contribution >= 4 is 35.5 Å². The number of aliphatic carboxylic acids is 1. The van der Waals surface area contributed by atoms with Gasteiger partial charge in [0.1, 0.15) is 23.5 Å². The third kappa shape index (κ3) is 3.34. The van der Waals surface area contributed by atoms with Gasteiger partial charge < -0.3 is 20.6 Å². The summed E-state index contributed by atoms with van der Waals surface area (Å²) in [6.07, 6.45) is 0. The second-order valence-corrected chi connectivity index (χ2v) is 9.31. The molecule has 3 amide bonds. The Bertz CT molecular complexity index is 856. The number of amides is 3. The fourth-order valence-corrected chi connectivity index (χ4v) is 5.15. The molecule has 1 aromatic carbocycles. The van der Waals surface area contributed by atoms with E-state index >= 15 is 0 Å². The summed E-state index contributed by atoms with van der Waals surface area (Å²) in [4.78, 5) is 50.6. The lowest BCUT2D eigenvalue weighted by molar-refractivity contribution is -0.141. The van der Waals surface area contributed by atoms with Gasteiger partial charge in [0.25, 0.3) is 5.91 Å². The molecule has 0 radical (unpaired) electrons. The molecular formula is C19H23N3O5S. The molecular weight excluding hydrogens is 382 g/mol. The van der Waals surface area contributed by atoms with E-state index in [2.05, 4.69) is 10.6 Å². The van der Waals surface area contributed by atoms with Crippen LogP contribution in [-0.2, 0) is 14.4 Å². The highest BCUT2D eigenvalue weighted by Gasteiger charge is 2.57. The van der Waals surface area contributed by atoms with E-state index in [0.29, 0.717) is 5.56 Å². The van der Waals surface area contributed by atoms with Crippen molar-refractivity contribution in [1.82, 2.24) is 15.5 Å². The maximum absolute atomic E-state index is 13.0. The third-order valence-corrected chi connectivity index (χ3v) is 6.56. The zero-order valence-corrected chi connectivity index (χ0v) is 16.9. The largest absolute Gasteiger partial charge is 0.480 e. The number of benzene rings is 1. The maximum atomic E-state index is 13.0. The molecule has 2 aliphatic heterocycles. The molecule has 9 heteroatoms. The predicted molar refractivity (Wildman–Crippen MR) is 104 cm³/mol. The van der Waals surface area contributed by atoms with Crippen molar-refractivity contribution in [2.75, 3.05) is 0 Å². The number of carboxylic acids is 1. The minimum atomic E-state index is -1.16. The number of hydrogen-bond donors (Lipinski definition) is 3. The van der Waals surface area contributed by atoms with Crippen molar-refractivity contribution in [1.29, 1.82) is 0 Å². The van der Waals surface area contributed by atoms with Gasteiger partial charge in [-0.1, -0.05) is 18.2 Å². The molecule has 150 valence electrons. The number of hydrogen-bond acceptors (Lipinski definition) is 5. The Hall–Kier alpha value is -2.55. The molecule has 2 heterocycles. The van der Waals surface area contributed by atoms with Gasteiger partial charge in [-0.3, -0.25) is 19.2 Å². The van der Waals surface area contributed by atoms with Crippen LogP contribution < -0.4 is 10.6 Å². The normalized spacial score (nSPS) is 24.1. The van der Waals surface area contributed by atoms with Crippen LogP contribution in [-0.4, -0.2) is 56.6 Å². The predicted octanol–water partition coefficient (Wildman–Crippen LogP) is 1.13. The molecule has 0 saturated carbocycles. The second-order valence-electron chi connectivity index (χ2n) is 7.57. The van der Waals surface area contributed by atoms with Crippen LogP contribution in [0.2, 0.25) is 0 Å². The SMILES string of the molecule is C[C@H](NC(=O)[C@H]1N2C(=O)c3ccccc3[C@@H]2SC1(C)C)C(=O)N[C@H](C)C(=O)O. The van der Waals surface area contributed by atoms with Crippen LogP contribution in [0.1, 0.15) is 49.0 Å². The molecule has 1 fully saturated rings. The molecule has 3 rings (SSSR count). The lowest BCUT2D eigenvalue weighted by Gasteiger charge is -2.30. The van der Waals surface area contributed by atoms with Gasteiger partial charge >= 0.3 is 5.97 Å². The number of fused-ring (bicyclic) bond motifs is 3. The van der Waals surface area contributed by atoms with E-state index in [1.165, 1.54) is 25.6 Å². The highest BCUT2D eigenvalue weighted by atomic mass is 32.2. The Morgan fingerprint density at radius 1 is 1.14 bits per heavy atom. The maximum Gasteiger partial charge on any atom is 0.325 e. The number of carbonyl (C=O) groups is 4. The zero-order valence-electron chi connectivity index (χ0n) is 16.1. The lowest BCUT2D eigenvalue weighted by atomic mass is 10.0. The summed E-state index contributed by atoms with van der Waals surface area (Å²) in [7, 11) is 0. The molecule has 0 spiro atoms. The first-order chi connectivity index (χ1) is 13.0. The average molecular weight is 405 g/mol. The first-order valence-electron chi connectivity index (χ1n) is 8.97. The molecule has 0 aromatic heterocycles. The minimum absolute atomic E-state index is 0.199. The second kappa shape index (κ2) is 7.12. The summed E-state index contributed by atoms with van der Waals surface area (Å²) in [6.45, 7) is 6.62. The summed E-state index contributed by atoms with van der Waals surface area (Å²) < 4.78 is -0.553. The Balaban J connectivity index is 1.77. The smallest absolute Gasteiger partial charge is 0.325 e. The fraction of sp³-hybridized carbons (Fsp3) is 0.474.